The van der Waals surface area contributed by atoms with Crippen LogP contribution in [0.25, 0.3) is 0 Å². The minimum Gasteiger partial charge on any atom is -0.494 e. The van der Waals surface area contributed by atoms with Crippen LogP contribution in [0.1, 0.15) is 32.3 Å². The Labute approximate surface area is 127 Å². The van der Waals surface area contributed by atoms with Gasteiger partial charge in [0.25, 0.3) is 0 Å². The molecule has 1 aromatic rings. The van der Waals surface area contributed by atoms with Gasteiger partial charge in [-0.25, -0.2) is 4.39 Å². The fourth-order valence-electron chi connectivity index (χ4n) is 2.20. The molecule has 0 saturated heterocycles. The van der Waals surface area contributed by atoms with E-state index in [1.165, 1.54) is 7.11 Å². The Bertz CT molecular complexity index is 421. The first-order valence-corrected chi connectivity index (χ1v) is 7.50. The molecule has 0 aliphatic heterocycles. The molecule has 0 bridgehead atoms. The Morgan fingerprint density at radius 3 is 2.52 bits per heavy atom. The van der Waals surface area contributed by atoms with Gasteiger partial charge in [-0.3, -0.25) is 0 Å². The van der Waals surface area contributed by atoms with Gasteiger partial charge in [0.1, 0.15) is 0 Å². The normalized spacial score (nSPS) is 11.7. The van der Waals surface area contributed by atoms with Crippen LogP contribution in [0.5, 0.6) is 5.75 Å². The average Bonchev–Trinajstić information content (AvgIpc) is 2.45. The topological polar surface area (TPSA) is 30.5 Å². The van der Waals surface area contributed by atoms with Crippen molar-refractivity contribution in [3.63, 3.8) is 0 Å². The zero-order valence-electron chi connectivity index (χ0n) is 13.7. The number of hydrogen-bond acceptors (Lipinski definition) is 3. The Morgan fingerprint density at radius 2 is 1.90 bits per heavy atom. The lowest BCUT2D eigenvalue weighted by Crippen LogP contribution is -2.25. The van der Waals surface area contributed by atoms with Crippen molar-refractivity contribution in [1.82, 2.24) is 5.32 Å². The summed E-state index contributed by atoms with van der Waals surface area (Å²) in [5.41, 5.74) is 1.25. The molecule has 0 saturated carbocycles. The molecule has 0 aliphatic rings. The fraction of sp³-hybridized carbons (Fsp3) is 0.647. The van der Waals surface area contributed by atoms with Crippen LogP contribution in [0.2, 0.25) is 0 Å². The summed E-state index contributed by atoms with van der Waals surface area (Å²) >= 11 is 0. The Hall–Kier alpha value is -1.13. The Kier molecular flexibility index (Phi) is 7.68. The number of methoxy groups -OCH3 is 2. The molecule has 0 amide bonds. The summed E-state index contributed by atoms with van der Waals surface area (Å²) in [7, 11) is 3.19. The molecule has 3 nitrogen and oxygen atoms in total. The second-order valence-electron chi connectivity index (χ2n) is 6.13. The molecule has 1 aromatic carbocycles. The first-order valence-electron chi connectivity index (χ1n) is 7.50. The molecule has 21 heavy (non-hydrogen) atoms. The lowest BCUT2D eigenvalue weighted by molar-refractivity contribution is 0.197. The fourth-order valence-corrected chi connectivity index (χ4v) is 2.20. The zero-order chi connectivity index (χ0) is 15.7. The van der Waals surface area contributed by atoms with Gasteiger partial charge in [0, 0.05) is 13.7 Å². The first-order chi connectivity index (χ1) is 9.98. The van der Waals surface area contributed by atoms with Crippen LogP contribution in [-0.4, -0.2) is 33.9 Å². The van der Waals surface area contributed by atoms with E-state index in [-0.39, 0.29) is 11.2 Å². The molecule has 0 unspecified atom stereocenters. The highest BCUT2D eigenvalue weighted by Gasteiger charge is 2.17. The van der Waals surface area contributed by atoms with Crippen molar-refractivity contribution >= 4 is 0 Å². The number of hydrogen-bond donors (Lipinski definition) is 1. The summed E-state index contributed by atoms with van der Waals surface area (Å²) in [5, 5.41) is 3.36. The summed E-state index contributed by atoms with van der Waals surface area (Å²) in [6, 6.07) is 5.21. The largest absolute Gasteiger partial charge is 0.494 e. The molecule has 0 fully saturated rings. The predicted molar refractivity (Wildman–Crippen MR) is 84.4 cm³/mol. The SMILES string of the molecule is COCCNCCC(C)(C)CCc1ccc(OC)c(F)c1. The van der Waals surface area contributed by atoms with Gasteiger partial charge in [0.15, 0.2) is 11.6 Å². The lowest BCUT2D eigenvalue weighted by Gasteiger charge is -2.25. The van der Waals surface area contributed by atoms with E-state index in [1.807, 2.05) is 6.07 Å². The summed E-state index contributed by atoms with van der Waals surface area (Å²) in [6.45, 7) is 7.12. The Balaban J connectivity index is 2.36. The van der Waals surface area contributed by atoms with E-state index < -0.39 is 0 Å². The molecular formula is C17H28FNO2. The van der Waals surface area contributed by atoms with E-state index in [1.54, 1.807) is 19.2 Å². The Morgan fingerprint density at radius 1 is 1.14 bits per heavy atom. The number of ether oxygens (including phenoxy) is 2. The van der Waals surface area contributed by atoms with Crippen LogP contribution < -0.4 is 10.1 Å². The van der Waals surface area contributed by atoms with Crippen molar-refractivity contribution < 1.29 is 13.9 Å². The van der Waals surface area contributed by atoms with Gasteiger partial charge in [-0.05, 0) is 48.9 Å². The number of nitrogens with one attached hydrogen (secondary N) is 1. The third kappa shape index (κ3) is 6.91. The molecule has 0 aliphatic carbocycles. The summed E-state index contributed by atoms with van der Waals surface area (Å²) in [6.07, 6.45) is 3.01. The molecular weight excluding hydrogens is 269 g/mol. The van der Waals surface area contributed by atoms with Crippen LogP contribution in [0.15, 0.2) is 18.2 Å². The van der Waals surface area contributed by atoms with Crippen molar-refractivity contribution in [2.24, 2.45) is 5.41 Å². The predicted octanol–water partition coefficient (Wildman–Crippen LogP) is 3.42. The maximum absolute atomic E-state index is 13.6. The monoisotopic (exact) mass is 297 g/mol. The third-order valence-corrected chi connectivity index (χ3v) is 3.77. The van der Waals surface area contributed by atoms with Gasteiger partial charge in [0.2, 0.25) is 0 Å². The van der Waals surface area contributed by atoms with Crippen LogP contribution in [0.3, 0.4) is 0 Å². The smallest absolute Gasteiger partial charge is 0.165 e. The number of rotatable bonds is 10. The number of benzene rings is 1. The van der Waals surface area contributed by atoms with Gasteiger partial charge in [-0.2, -0.15) is 0 Å². The van der Waals surface area contributed by atoms with Crippen LogP contribution in [0, 0.1) is 11.2 Å². The van der Waals surface area contributed by atoms with Crippen LogP contribution in [0.4, 0.5) is 4.39 Å². The maximum atomic E-state index is 13.6. The van der Waals surface area contributed by atoms with Gasteiger partial charge in [-0.15, -0.1) is 0 Å². The van der Waals surface area contributed by atoms with E-state index in [4.69, 9.17) is 9.47 Å². The van der Waals surface area contributed by atoms with Gasteiger partial charge < -0.3 is 14.8 Å². The average molecular weight is 297 g/mol. The summed E-state index contributed by atoms with van der Waals surface area (Å²) in [4.78, 5) is 0. The maximum Gasteiger partial charge on any atom is 0.165 e. The molecule has 4 heteroatoms. The van der Waals surface area contributed by atoms with Crippen molar-refractivity contribution in [1.29, 1.82) is 0 Å². The second-order valence-corrected chi connectivity index (χ2v) is 6.13. The van der Waals surface area contributed by atoms with Gasteiger partial charge in [-0.1, -0.05) is 19.9 Å². The molecule has 0 heterocycles. The standard InChI is InChI=1S/C17H28FNO2/c1-17(2,9-10-19-11-12-20-3)8-7-14-5-6-16(21-4)15(18)13-14/h5-6,13,19H,7-12H2,1-4H3. The highest BCUT2D eigenvalue weighted by atomic mass is 19.1. The number of aryl methyl sites for hydroxylation is 1. The quantitative estimate of drug-likeness (QED) is 0.671. The van der Waals surface area contributed by atoms with Crippen molar-refractivity contribution in [2.45, 2.75) is 33.1 Å². The molecule has 0 spiro atoms. The van der Waals surface area contributed by atoms with E-state index >= 15 is 0 Å². The van der Waals surface area contributed by atoms with Gasteiger partial charge in [0.05, 0.1) is 13.7 Å². The molecule has 0 radical (unpaired) electrons. The van der Waals surface area contributed by atoms with Gasteiger partial charge >= 0.3 is 0 Å². The molecule has 0 atom stereocenters. The van der Waals surface area contributed by atoms with Crippen LogP contribution in [-0.2, 0) is 11.2 Å². The molecule has 1 rings (SSSR count). The minimum atomic E-state index is -0.283. The van der Waals surface area contributed by atoms with E-state index in [2.05, 4.69) is 19.2 Å². The van der Waals surface area contributed by atoms with E-state index in [9.17, 15) is 4.39 Å². The number of halogens is 1. The van der Waals surface area contributed by atoms with Crippen LogP contribution >= 0.6 is 0 Å². The summed E-state index contributed by atoms with van der Waals surface area (Å²) < 4.78 is 23.6. The highest BCUT2D eigenvalue weighted by molar-refractivity contribution is 5.29. The second kappa shape index (κ2) is 9.00. The van der Waals surface area contributed by atoms with Crippen molar-refractivity contribution in [3.8, 4) is 5.75 Å². The zero-order valence-corrected chi connectivity index (χ0v) is 13.7. The first kappa shape index (κ1) is 17.9. The van der Waals surface area contributed by atoms with E-state index in [0.717, 1.165) is 44.5 Å². The van der Waals surface area contributed by atoms with Crippen molar-refractivity contribution in [3.05, 3.63) is 29.6 Å². The molecule has 120 valence electrons. The van der Waals surface area contributed by atoms with Crippen molar-refractivity contribution in [2.75, 3.05) is 33.9 Å². The lowest BCUT2D eigenvalue weighted by atomic mass is 9.83. The molecule has 0 aromatic heterocycles. The van der Waals surface area contributed by atoms with E-state index in [0.29, 0.717) is 5.75 Å². The summed E-state index contributed by atoms with van der Waals surface area (Å²) in [5.74, 6) is 0.0226. The molecule has 1 N–H and O–H groups in total. The highest BCUT2D eigenvalue weighted by Crippen LogP contribution is 2.27. The minimum absolute atomic E-state index is 0.233. The third-order valence-electron chi connectivity index (χ3n) is 3.77.